The Bertz CT molecular complexity index is 854. The highest BCUT2D eigenvalue weighted by Gasteiger charge is 2.22. The lowest BCUT2D eigenvalue weighted by Gasteiger charge is -2.04. The Morgan fingerprint density at radius 3 is 2.81 bits per heavy atom. The Morgan fingerprint density at radius 2 is 2.10 bits per heavy atom. The van der Waals surface area contributed by atoms with Gasteiger partial charge in [-0.25, -0.2) is 9.49 Å². The van der Waals surface area contributed by atoms with Crippen molar-refractivity contribution in [3.63, 3.8) is 0 Å². The molecular weight excluding hydrogens is 299 g/mol. The lowest BCUT2D eigenvalue weighted by Crippen LogP contribution is -2.06. The molecule has 106 valence electrons. The fraction of sp³-hybridized carbons (Fsp3) is 0. The largest absolute Gasteiger partial charge is 0.367 e. The quantitative estimate of drug-likeness (QED) is 0.758. The number of nitrogens with one attached hydrogen (secondary N) is 1. The number of halogens is 2. The zero-order valence-electron chi connectivity index (χ0n) is 10.4. The summed E-state index contributed by atoms with van der Waals surface area (Å²) < 4.78 is 19.1. The van der Waals surface area contributed by atoms with E-state index in [1.165, 1.54) is 24.3 Å². The van der Waals surface area contributed by atoms with E-state index in [9.17, 15) is 9.18 Å². The second-order valence-corrected chi connectivity index (χ2v) is 4.59. The lowest BCUT2D eigenvalue weighted by atomic mass is 10.0. The van der Waals surface area contributed by atoms with Crippen molar-refractivity contribution in [2.24, 2.45) is 0 Å². The van der Waals surface area contributed by atoms with E-state index in [0.29, 0.717) is 5.69 Å². The first-order valence-corrected chi connectivity index (χ1v) is 6.21. The van der Waals surface area contributed by atoms with Crippen molar-refractivity contribution < 1.29 is 8.91 Å². The second kappa shape index (κ2) is 5.02. The summed E-state index contributed by atoms with van der Waals surface area (Å²) in [6, 6.07) is 7.20. The maximum absolute atomic E-state index is 14.2. The van der Waals surface area contributed by atoms with Gasteiger partial charge < -0.3 is 10.3 Å². The van der Waals surface area contributed by atoms with E-state index in [1.54, 1.807) is 6.07 Å². The molecule has 3 aromatic rings. The molecule has 8 heteroatoms. The Kier molecular flexibility index (Phi) is 3.19. The van der Waals surface area contributed by atoms with Crippen molar-refractivity contribution in [1.29, 1.82) is 0 Å². The molecular formula is C13H8ClFN4O2. The molecule has 0 spiro atoms. The maximum Gasteiger partial charge on any atom is 0.264 e. The summed E-state index contributed by atoms with van der Waals surface area (Å²) in [7, 11) is 0. The summed E-state index contributed by atoms with van der Waals surface area (Å²) >= 11 is 5.77. The molecule has 3 rings (SSSR count). The average Bonchev–Trinajstić information content (AvgIpc) is 2.85. The SMILES string of the molecule is Nc1onc(-c2ccc(=O)[nH]n2)c1-c1cccc(Cl)c1F. The molecule has 0 bridgehead atoms. The third kappa shape index (κ3) is 2.27. The van der Waals surface area contributed by atoms with Crippen molar-refractivity contribution in [1.82, 2.24) is 15.4 Å². The fourth-order valence-corrected chi connectivity index (χ4v) is 2.09. The number of H-pyrrole nitrogens is 1. The van der Waals surface area contributed by atoms with Gasteiger partial charge in [0.1, 0.15) is 17.2 Å². The highest BCUT2D eigenvalue weighted by atomic mass is 35.5. The minimum atomic E-state index is -0.639. The van der Waals surface area contributed by atoms with E-state index in [-0.39, 0.29) is 33.3 Å². The first-order chi connectivity index (χ1) is 10.1. The predicted molar refractivity (Wildman–Crippen MR) is 75.2 cm³/mol. The molecule has 0 radical (unpaired) electrons. The zero-order valence-corrected chi connectivity index (χ0v) is 11.2. The van der Waals surface area contributed by atoms with E-state index >= 15 is 0 Å². The molecule has 0 aliphatic rings. The first kappa shape index (κ1) is 13.3. The van der Waals surface area contributed by atoms with Crippen LogP contribution in [0.3, 0.4) is 0 Å². The molecule has 0 fully saturated rings. The summed E-state index contributed by atoms with van der Waals surface area (Å²) in [5.41, 5.74) is 6.23. The van der Waals surface area contributed by atoms with Crippen LogP contribution >= 0.6 is 11.6 Å². The van der Waals surface area contributed by atoms with Crippen LogP contribution in [0.4, 0.5) is 10.3 Å². The third-order valence-corrected chi connectivity index (χ3v) is 3.15. The summed E-state index contributed by atoms with van der Waals surface area (Å²) in [4.78, 5) is 11.0. The van der Waals surface area contributed by atoms with Gasteiger partial charge in [0.25, 0.3) is 5.56 Å². The van der Waals surface area contributed by atoms with Gasteiger partial charge in [-0.15, -0.1) is 0 Å². The number of aromatic amines is 1. The molecule has 0 atom stereocenters. The maximum atomic E-state index is 14.2. The number of hydrogen-bond acceptors (Lipinski definition) is 5. The van der Waals surface area contributed by atoms with Gasteiger partial charge in [0.15, 0.2) is 0 Å². The first-order valence-electron chi connectivity index (χ1n) is 5.83. The highest BCUT2D eigenvalue weighted by molar-refractivity contribution is 6.31. The van der Waals surface area contributed by atoms with E-state index in [4.69, 9.17) is 21.9 Å². The van der Waals surface area contributed by atoms with Gasteiger partial charge in [-0.2, -0.15) is 5.10 Å². The van der Waals surface area contributed by atoms with Crippen LogP contribution in [0.15, 0.2) is 39.6 Å². The third-order valence-electron chi connectivity index (χ3n) is 2.86. The Hall–Kier alpha value is -2.67. The predicted octanol–water partition coefficient (Wildman–Crippen LogP) is 2.47. The number of nitrogens with zero attached hydrogens (tertiary/aromatic N) is 2. The molecule has 2 aromatic heterocycles. The van der Waals surface area contributed by atoms with E-state index in [0.717, 1.165) is 0 Å². The molecule has 6 nitrogen and oxygen atoms in total. The smallest absolute Gasteiger partial charge is 0.264 e. The van der Waals surface area contributed by atoms with Gasteiger partial charge in [0.2, 0.25) is 5.88 Å². The molecule has 21 heavy (non-hydrogen) atoms. The molecule has 0 aliphatic carbocycles. The number of hydrogen-bond donors (Lipinski definition) is 2. The number of nitrogen functional groups attached to an aromatic ring is 1. The van der Waals surface area contributed by atoms with Crippen LogP contribution in [0.1, 0.15) is 0 Å². The van der Waals surface area contributed by atoms with Crippen molar-refractivity contribution in [2.45, 2.75) is 0 Å². The fourth-order valence-electron chi connectivity index (χ4n) is 1.91. The molecule has 0 amide bonds. The van der Waals surface area contributed by atoms with Crippen molar-refractivity contribution in [3.05, 3.63) is 51.5 Å². The van der Waals surface area contributed by atoms with Gasteiger partial charge in [-0.05, 0) is 12.1 Å². The van der Waals surface area contributed by atoms with E-state index < -0.39 is 5.82 Å². The van der Waals surface area contributed by atoms with Crippen LogP contribution in [0.5, 0.6) is 0 Å². The molecule has 2 heterocycles. The topological polar surface area (TPSA) is 97.8 Å². The zero-order chi connectivity index (χ0) is 15.0. The Balaban J connectivity index is 2.24. The van der Waals surface area contributed by atoms with Crippen molar-refractivity contribution >= 4 is 17.5 Å². The Labute approximate surface area is 122 Å². The number of benzene rings is 1. The molecule has 0 aliphatic heterocycles. The van der Waals surface area contributed by atoms with Gasteiger partial charge in [-0.1, -0.05) is 28.9 Å². The number of anilines is 1. The molecule has 0 unspecified atom stereocenters. The summed E-state index contributed by atoms with van der Waals surface area (Å²) in [5, 5.41) is 9.81. The van der Waals surface area contributed by atoms with Gasteiger partial charge >= 0.3 is 0 Å². The van der Waals surface area contributed by atoms with E-state index in [2.05, 4.69) is 15.4 Å². The van der Waals surface area contributed by atoms with Gasteiger partial charge in [0.05, 0.1) is 10.6 Å². The summed E-state index contributed by atoms with van der Waals surface area (Å²) in [6.07, 6.45) is 0. The minimum absolute atomic E-state index is 0.0477. The average molecular weight is 307 g/mol. The van der Waals surface area contributed by atoms with Crippen molar-refractivity contribution in [3.8, 4) is 22.5 Å². The number of rotatable bonds is 2. The summed E-state index contributed by atoms with van der Waals surface area (Å²) in [6.45, 7) is 0. The van der Waals surface area contributed by atoms with Crippen LogP contribution in [-0.2, 0) is 0 Å². The number of nitrogens with two attached hydrogens (primary N) is 1. The van der Waals surface area contributed by atoms with Crippen LogP contribution < -0.4 is 11.3 Å². The normalized spacial score (nSPS) is 10.8. The monoisotopic (exact) mass is 306 g/mol. The lowest BCUT2D eigenvalue weighted by molar-refractivity contribution is 0.439. The second-order valence-electron chi connectivity index (χ2n) is 4.18. The number of aromatic nitrogens is 3. The standard InChI is InChI=1S/C13H8ClFN4O2/c14-7-3-1-2-6(11(7)15)10-12(19-21-13(10)16)8-4-5-9(20)18-17-8/h1-5H,16H2,(H,18,20). The highest BCUT2D eigenvalue weighted by Crippen LogP contribution is 2.37. The van der Waals surface area contributed by atoms with Crippen LogP contribution in [0.25, 0.3) is 22.5 Å². The molecule has 0 saturated heterocycles. The minimum Gasteiger partial charge on any atom is -0.367 e. The summed E-state index contributed by atoms with van der Waals surface area (Å²) in [5.74, 6) is -0.709. The van der Waals surface area contributed by atoms with Gasteiger partial charge in [0, 0.05) is 11.6 Å². The van der Waals surface area contributed by atoms with Crippen molar-refractivity contribution in [2.75, 3.05) is 5.73 Å². The molecule has 0 saturated carbocycles. The van der Waals surface area contributed by atoms with Crippen LogP contribution in [0, 0.1) is 5.82 Å². The molecule has 1 aromatic carbocycles. The molecule has 3 N–H and O–H groups in total. The van der Waals surface area contributed by atoms with E-state index in [1.807, 2.05) is 0 Å². The van der Waals surface area contributed by atoms with Crippen LogP contribution in [0.2, 0.25) is 5.02 Å². The Morgan fingerprint density at radius 1 is 1.29 bits per heavy atom. The van der Waals surface area contributed by atoms with Crippen LogP contribution in [-0.4, -0.2) is 15.4 Å². The van der Waals surface area contributed by atoms with Gasteiger partial charge in [-0.3, -0.25) is 4.79 Å².